The summed E-state index contributed by atoms with van der Waals surface area (Å²) in [7, 11) is 0. The largest absolute Gasteiger partial charge is 0.381 e. The van der Waals surface area contributed by atoms with Crippen LogP contribution in [0.25, 0.3) is 0 Å². The quantitative estimate of drug-likeness (QED) is 0.721. The first-order valence-corrected chi connectivity index (χ1v) is 5.95. The number of benzene rings is 1. The molecule has 1 saturated carbocycles. The Morgan fingerprint density at radius 3 is 2.62 bits per heavy atom. The fourth-order valence-electron chi connectivity index (χ4n) is 3.12. The zero-order valence-electron chi connectivity index (χ0n) is 9.32. The Morgan fingerprint density at radius 1 is 1.19 bits per heavy atom. The number of carbonyl (C=O) groups excluding carboxylic acids is 1. The molecule has 2 nitrogen and oxygen atoms in total. The Morgan fingerprint density at radius 2 is 1.94 bits per heavy atom. The van der Waals surface area contributed by atoms with Gasteiger partial charge in [-0.05, 0) is 17.4 Å². The molecule has 1 aromatic carbocycles. The van der Waals surface area contributed by atoms with Gasteiger partial charge in [-0.3, -0.25) is 4.79 Å². The lowest BCUT2D eigenvalue weighted by atomic mass is 9.56. The lowest BCUT2D eigenvalue weighted by molar-refractivity contribution is -0.141. The number of Topliss-reactive ketones (excluding diaryl/α,β-unsaturated/α-hetero) is 1. The molecular weight excluding hydrogens is 200 g/mol. The second-order valence-electron chi connectivity index (χ2n) is 5.04. The topological polar surface area (TPSA) is 26.3 Å². The predicted molar refractivity (Wildman–Crippen MR) is 61.3 cm³/mol. The molecule has 1 aliphatic carbocycles. The van der Waals surface area contributed by atoms with Crippen LogP contribution in [0.2, 0.25) is 0 Å². The molecule has 0 unspecified atom stereocenters. The second kappa shape index (κ2) is 3.70. The minimum Gasteiger partial charge on any atom is -0.381 e. The van der Waals surface area contributed by atoms with Crippen LogP contribution in [0.15, 0.2) is 30.3 Å². The lowest BCUT2D eigenvalue weighted by Gasteiger charge is -2.49. The zero-order valence-corrected chi connectivity index (χ0v) is 9.32. The Labute approximate surface area is 95.6 Å². The van der Waals surface area contributed by atoms with E-state index in [1.54, 1.807) is 0 Å². The van der Waals surface area contributed by atoms with Crippen molar-refractivity contribution < 1.29 is 9.53 Å². The molecule has 1 heterocycles. The SMILES string of the molecule is O=C1CC2(CCOC[C@H]2c2ccccc2)C1. The van der Waals surface area contributed by atoms with Gasteiger partial charge in [0.15, 0.2) is 0 Å². The van der Waals surface area contributed by atoms with Gasteiger partial charge < -0.3 is 4.74 Å². The number of ketones is 1. The van der Waals surface area contributed by atoms with Crippen molar-refractivity contribution in [3.8, 4) is 0 Å². The molecule has 84 valence electrons. The molecule has 1 spiro atoms. The summed E-state index contributed by atoms with van der Waals surface area (Å²) in [4.78, 5) is 11.3. The van der Waals surface area contributed by atoms with E-state index in [9.17, 15) is 4.79 Å². The van der Waals surface area contributed by atoms with E-state index in [1.165, 1.54) is 5.56 Å². The van der Waals surface area contributed by atoms with Crippen molar-refractivity contribution >= 4 is 5.78 Å². The second-order valence-corrected chi connectivity index (χ2v) is 5.04. The summed E-state index contributed by atoms with van der Waals surface area (Å²) < 4.78 is 5.59. The summed E-state index contributed by atoms with van der Waals surface area (Å²) in [5.74, 6) is 0.836. The fourth-order valence-corrected chi connectivity index (χ4v) is 3.12. The number of ether oxygens (including phenoxy) is 1. The van der Waals surface area contributed by atoms with E-state index >= 15 is 0 Å². The Hall–Kier alpha value is -1.15. The maximum atomic E-state index is 11.3. The Bertz CT molecular complexity index is 388. The standard InChI is InChI=1S/C14H16O2/c15-12-8-14(9-12)6-7-16-10-13(14)11-4-2-1-3-5-11/h1-5,13H,6-10H2/t13-/m0/s1. The molecule has 0 N–H and O–H groups in total. The van der Waals surface area contributed by atoms with E-state index < -0.39 is 0 Å². The van der Waals surface area contributed by atoms with Crippen molar-refractivity contribution in [1.29, 1.82) is 0 Å². The zero-order chi connectivity index (χ0) is 11.0. The van der Waals surface area contributed by atoms with Crippen LogP contribution in [0, 0.1) is 5.41 Å². The maximum absolute atomic E-state index is 11.3. The molecule has 2 fully saturated rings. The van der Waals surface area contributed by atoms with Crippen molar-refractivity contribution in [2.24, 2.45) is 5.41 Å². The first-order chi connectivity index (χ1) is 7.80. The molecule has 1 aliphatic heterocycles. The maximum Gasteiger partial charge on any atom is 0.134 e. The van der Waals surface area contributed by atoms with Gasteiger partial charge in [0.05, 0.1) is 6.61 Å². The molecule has 2 heteroatoms. The van der Waals surface area contributed by atoms with Crippen LogP contribution in [-0.2, 0) is 9.53 Å². The van der Waals surface area contributed by atoms with Gasteiger partial charge in [-0.25, -0.2) is 0 Å². The molecule has 3 rings (SSSR count). The van der Waals surface area contributed by atoms with Gasteiger partial charge in [-0.2, -0.15) is 0 Å². The third-order valence-electron chi connectivity index (χ3n) is 4.07. The van der Waals surface area contributed by atoms with Crippen LogP contribution in [0.4, 0.5) is 0 Å². The van der Waals surface area contributed by atoms with Crippen LogP contribution in [0.3, 0.4) is 0 Å². The monoisotopic (exact) mass is 216 g/mol. The lowest BCUT2D eigenvalue weighted by Crippen LogP contribution is -2.47. The van der Waals surface area contributed by atoms with Crippen LogP contribution in [-0.4, -0.2) is 19.0 Å². The van der Waals surface area contributed by atoms with Crippen LogP contribution in [0.5, 0.6) is 0 Å². The average Bonchev–Trinajstić information content (AvgIpc) is 2.29. The highest BCUT2D eigenvalue weighted by molar-refractivity contribution is 5.86. The van der Waals surface area contributed by atoms with Gasteiger partial charge in [0, 0.05) is 25.4 Å². The van der Waals surface area contributed by atoms with Gasteiger partial charge in [-0.15, -0.1) is 0 Å². The summed E-state index contributed by atoms with van der Waals surface area (Å²) in [6.45, 7) is 1.59. The summed E-state index contributed by atoms with van der Waals surface area (Å²) in [6.07, 6.45) is 2.56. The first kappa shape index (κ1) is 10.0. The molecule has 0 radical (unpaired) electrons. The van der Waals surface area contributed by atoms with E-state index in [1.807, 2.05) is 6.07 Å². The Kier molecular flexibility index (Phi) is 2.32. The van der Waals surface area contributed by atoms with E-state index in [2.05, 4.69) is 24.3 Å². The van der Waals surface area contributed by atoms with Crippen LogP contribution >= 0.6 is 0 Å². The normalized spacial score (nSPS) is 27.8. The summed E-state index contributed by atoms with van der Waals surface area (Å²) >= 11 is 0. The molecule has 0 aromatic heterocycles. The highest BCUT2D eigenvalue weighted by Crippen LogP contribution is 2.53. The summed E-state index contributed by atoms with van der Waals surface area (Å²) in [5.41, 5.74) is 1.55. The Balaban J connectivity index is 1.90. The van der Waals surface area contributed by atoms with Gasteiger partial charge in [0.25, 0.3) is 0 Å². The minimum atomic E-state index is 0.219. The van der Waals surface area contributed by atoms with Gasteiger partial charge in [0.1, 0.15) is 5.78 Å². The van der Waals surface area contributed by atoms with Gasteiger partial charge in [0.2, 0.25) is 0 Å². The van der Waals surface area contributed by atoms with Crippen molar-refractivity contribution in [3.05, 3.63) is 35.9 Å². The fraction of sp³-hybridized carbons (Fsp3) is 0.500. The third-order valence-corrected chi connectivity index (χ3v) is 4.07. The molecular formula is C14H16O2. The smallest absolute Gasteiger partial charge is 0.134 e. The van der Waals surface area contributed by atoms with E-state index in [-0.39, 0.29) is 5.41 Å². The van der Waals surface area contributed by atoms with E-state index in [0.717, 1.165) is 32.5 Å². The highest BCUT2D eigenvalue weighted by Gasteiger charge is 2.50. The van der Waals surface area contributed by atoms with Crippen molar-refractivity contribution in [1.82, 2.24) is 0 Å². The number of hydrogen-bond donors (Lipinski definition) is 0. The predicted octanol–water partition coefficient (Wildman–Crippen LogP) is 2.54. The first-order valence-electron chi connectivity index (χ1n) is 5.95. The van der Waals surface area contributed by atoms with E-state index in [4.69, 9.17) is 4.74 Å². The minimum absolute atomic E-state index is 0.219. The van der Waals surface area contributed by atoms with Crippen LogP contribution < -0.4 is 0 Å². The highest BCUT2D eigenvalue weighted by atomic mass is 16.5. The third kappa shape index (κ3) is 1.49. The molecule has 16 heavy (non-hydrogen) atoms. The van der Waals surface area contributed by atoms with Crippen molar-refractivity contribution in [2.45, 2.75) is 25.2 Å². The van der Waals surface area contributed by atoms with E-state index in [0.29, 0.717) is 11.7 Å². The van der Waals surface area contributed by atoms with Gasteiger partial charge in [-0.1, -0.05) is 30.3 Å². The molecule has 1 saturated heterocycles. The molecule has 1 atom stereocenters. The molecule has 0 amide bonds. The number of carbonyl (C=O) groups is 1. The van der Waals surface area contributed by atoms with Crippen molar-refractivity contribution in [2.75, 3.05) is 13.2 Å². The molecule has 1 aromatic rings. The summed E-state index contributed by atoms with van der Waals surface area (Å²) in [6, 6.07) is 10.5. The number of rotatable bonds is 1. The molecule has 2 aliphatic rings. The van der Waals surface area contributed by atoms with Gasteiger partial charge >= 0.3 is 0 Å². The number of hydrogen-bond acceptors (Lipinski definition) is 2. The van der Waals surface area contributed by atoms with Crippen LogP contribution in [0.1, 0.15) is 30.7 Å². The summed E-state index contributed by atoms with van der Waals surface area (Å²) in [5, 5.41) is 0. The van der Waals surface area contributed by atoms with Crippen molar-refractivity contribution in [3.63, 3.8) is 0 Å². The molecule has 0 bridgehead atoms. The average molecular weight is 216 g/mol.